The fourth-order valence-electron chi connectivity index (χ4n) is 6.72. The second-order valence-corrected chi connectivity index (χ2v) is 14.5. The molecule has 0 fully saturated rings. The van der Waals surface area contributed by atoms with Gasteiger partial charge in [0.05, 0.1) is 0 Å². The summed E-state index contributed by atoms with van der Waals surface area (Å²) in [7, 11) is 0. The van der Waals surface area contributed by atoms with Crippen molar-refractivity contribution in [1.82, 2.24) is 0 Å². The van der Waals surface area contributed by atoms with Gasteiger partial charge in [-0.2, -0.15) is 0 Å². The van der Waals surface area contributed by atoms with Crippen LogP contribution in [0, 0.1) is 0 Å². The molecule has 0 rings (SSSR count). The van der Waals surface area contributed by atoms with Gasteiger partial charge in [0.2, 0.25) is 0 Å². The number of rotatable bonds is 39. The number of carbonyl (C=O) groups excluding carboxylic acids is 1. The van der Waals surface area contributed by atoms with Crippen LogP contribution in [0.25, 0.3) is 0 Å². The molecule has 0 aliphatic heterocycles. The highest BCUT2D eigenvalue weighted by Crippen LogP contribution is 2.19. The van der Waals surface area contributed by atoms with Crippen molar-refractivity contribution in [2.24, 2.45) is 0 Å². The van der Waals surface area contributed by atoms with Crippen molar-refractivity contribution in [2.45, 2.75) is 258 Å². The summed E-state index contributed by atoms with van der Waals surface area (Å²) < 4.78 is 5.98. The third kappa shape index (κ3) is 37.4. The van der Waals surface area contributed by atoms with Crippen LogP contribution >= 0.6 is 0 Å². The number of unbranched alkanes of at least 4 members (excludes halogenated alkanes) is 30. The van der Waals surface area contributed by atoms with E-state index in [0.29, 0.717) is 12.8 Å². The van der Waals surface area contributed by atoms with E-state index in [2.05, 4.69) is 13.8 Å². The van der Waals surface area contributed by atoms with E-state index in [9.17, 15) is 9.59 Å². The molecular formula is C42H82O4. The molecule has 4 heteroatoms. The molecule has 1 unspecified atom stereocenters. The van der Waals surface area contributed by atoms with E-state index >= 15 is 0 Å². The quantitative estimate of drug-likeness (QED) is 0.0531. The Morgan fingerprint density at radius 1 is 0.391 bits per heavy atom. The van der Waals surface area contributed by atoms with Crippen molar-refractivity contribution in [1.29, 1.82) is 0 Å². The van der Waals surface area contributed by atoms with Crippen molar-refractivity contribution in [2.75, 3.05) is 0 Å². The number of esters is 1. The van der Waals surface area contributed by atoms with Crippen LogP contribution in [0.2, 0.25) is 0 Å². The number of carbonyl (C=O) groups is 2. The average Bonchev–Trinajstić information content (AvgIpc) is 3.04. The van der Waals surface area contributed by atoms with Crippen LogP contribution in [-0.4, -0.2) is 23.1 Å². The molecule has 0 radical (unpaired) electrons. The van der Waals surface area contributed by atoms with Crippen molar-refractivity contribution in [3.05, 3.63) is 0 Å². The average molecular weight is 651 g/mol. The van der Waals surface area contributed by atoms with Gasteiger partial charge >= 0.3 is 11.9 Å². The molecule has 46 heavy (non-hydrogen) atoms. The molecular weight excluding hydrogens is 568 g/mol. The maximum Gasteiger partial charge on any atom is 0.306 e. The normalized spacial score (nSPS) is 12.0. The third-order valence-electron chi connectivity index (χ3n) is 9.83. The first-order valence-electron chi connectivity index (χ1n) is 21.0. The van der Waals surface area contributed by atoms with Crippen LogP contribution in [0.15, 0.2) is 0 Å². The van der Waals surface area contributed by atoms with Gasteiger partial charge in [-0.15, -0.1) is 0 Å². The minimum Gasteiger partial charge on any atom is -0.481 e. The molecule has 1 N–H and O–H groups in total. The highest BCUT2D eigenvalue weighted by Gasteiger charge is 2.14. The zero-order chi connectivity index (χ0) is 33.6. The van der Waals surface area contributed by atoms with Gasteiger partial charge in [-0.25, -0.2) is 0 Å². The Morgan fingerprint density at radius 2 is 0.652 bits per heavy atom. The van der Waals surface area contributed by atoms with Crippen LogP contribution in [-0.2, 0) is 14.3 Å². The monoisotopic (exact) mass is 651 g/mol. The van der Waals surface area contributed by atoms with E-state index in [-0.39, 0.29) is 12.1 Å². The van der Waals surface area contributed by atoms with Crippen LogP contribution in [0.4, 0.5) is 0 Å². The van der Waals surface area contributed by atoms with E-state index in [1.54, 1.807) is 0 Å². The smallest absolute Gasteiger partial charge is 0.306 e. The van der Waals surface area contributed by atoms with Crippen molar-refractivity contribution < 1.29 is 19.4 Å². The van der Waals surface area contributed by atoms with Crippen LogP contribution in [0.5, 0.6) is 0 Å². The van der Waals surface area contributed by atoms with Crippen molar-refractivity contribution in [3.8, 4) is 0 Å². The van der Waals surface area contributed by atoms with E-state index in [4.69, 9.17) is 9.84 Å². The molecule has 274 valence electrons. The lowest BCUT2D eigenvalue weighted by Crippen LogP contribution is -2.18. The molecule has 0 aliphatic carbocycles. The van der Waals surface area contributed by atoms with Crippen molar-refractivity contribution in [3.63, 3.8) is 0 Å². The summed E-state index contributed by atoms with van der Waals surface area (Å²) in [5, 5.41) is 8.69. The van der Waals surface area contributed by atoms with Crippen molar-refractivity contribution >= 4 is 11.9 Å². The zero-order valence-electron chi connectivity index (χ0n) is 31.4. The molecule has 0 aromatic rings. The summed E-state index contributed by atoms with van der Waals surface area (Å²) >= 11 is 0. The molecule has 1 atom stereocenters. The highest BCUT2D eigenvalue weighted by molar-refractivity contribution is 5.69. The van der Waals surface area contributed by atoms with Gasteiger partial charge in [-0.05, 0) is 38.5 Å². The van der Waals surface area contributed by atoms with E-state index in [1.807, 2.05) is 0 Å². The molecule has 0 aromatic carbocycles. The van der Waals surface area contributed by atoms with E-state index in [1.165, 1.54) is 193 Å². The second kappa shape index (κ2) is 38.4. The Balaban J connectivity index is 3.63. The molecule has 0 spiro atoms. The Labute approximate surface area is 288 Å². The van der Waals surface area contributed by atoms with Crippen LogP contribution in [0.3, 0.4) is 0 Å². The number of carboxylic acids is 1. The SMILES string of the molecule is CCCCCCCCCCCCCCCCCCCCCC(=O)OC(CCCCC)CCCCCCCCCCCCCC(=O)O. The molecule has 4 nitrogen and oxygen atoms in total. The number of ether oxygens (including phenoxy) is 1. The van der Waals surface area contributed by atoms with E-state index in [0.717, 1.165) is 32.1 Å². The maximum atomic E-state index is 12.6. The van der Waals surface area contributed by atoms with Gasteiger partial charge in [0.1, 0.15) is 6.10 Å². The standard InChI is InChI=1S/C42H82O4/c1-3-5-7-8-9-10-11-12-13-14-15-16-17-18-22-25-28-31-35-39-42(45)46-40(36-32-6-4-2)37-33-29-26-23-20-19-21-24-27-30-34-38-41(43)44/h40H,3-39H2,1-2H3,(H,43,44). The maximum absolute atomic E-state index is 12.6. The van der Waals surface area contributed by atoms with Crippen LogP contribution < -0.4 is 0 Å². The predicted octanol–water partition coefficient (Wildman–Crippen LogP) is 14.5. The van der Waals surface area contributed by atoms with Gasteiger partial charge in [-0.1, -0.05) is 200 Å². The molecule has 0 aromatic heterocycles. The lowest BCUT2D eigenvalue weighted by Gasteiger charge is -2.18. The summed E-state index contributed by atoms with van der Waals surface area (Å²) in [5.74, 6) is -0.632. The predicted molar refractivity (Wildman–Crippen MR) is 200 cm³/mol. The highest BCUT2D eigenvalue weighted by atomic mass is 16.5. The topological polar surface area (TPSA) is 63.6 Å². The minimum absolute atomic E-state index is 0.0384. The lowest BCUT2D eigenvalue weighted by molar-refractivity contribution is -0.150. The summed E-state index contributed by atoms with van der Waals surface area (Å²) in [4.78, 5) is 23.1. The third-order valence-corrected chi connectivity index (χ3v) is 9.83. The first-order chi connectivity index (χ1) is 22.6. The van der Waals surface area contributed by atoms with Crippen LogP contribution in [0.1, 0.15) is 251 Å². The molecule has 0 aliphatic rings. The molecule has 0 bridgehead atoms. The Kier molecular flexibility index (Phi) is 37.5. The Morgan fingerprint density at radius 3 is 1.00 bits per heavy atom. The van der Waals surface area contributed by atoms with E-state index < -0.39 is 5.97 Å². The molecule has 0 saturated carbocycles. The number of hydrogen-bond acceptors (Lipinski definition) is 3. The second-order valence-electron chi connectivity index (χ2n) is 14.5. The number of aliphatic carboxylic acids is 1. The van der Waals surface area contributed by atoms with Gasteiger partial charge < -0.3 is 9.84 Å². The fourth-order valence-corrected chi connectivity index (χ4v) is 6.72. The number of hydrogen-bond donors (Lipinski definition) is 1. The van der Waals surface area contributed by atoms with Gasteiger partial charge in [0.25, 0.3) is 0 Å². The molecule has 0 amide bonds. The number of carboxylic acid groups (broad SMARTS) is 1. The Bertz CT molecular complexity index is 619. The largest absolute Gasteiger partial charge is 0.481 e. The molecule has 0 saturated heterocycles. The van der Waals surface area contributed by atoms with Gasteiger partial charge in [-0.3, -0.25) is 9.59 Å². The summed E-state index contributed by atoms with van der Waals surface area (Å²) in [6.07, 6.45) is 46.0. The summed E-state index contributed by atoms with van der Waals surface area (Å²) in [6.45, 7) is 4.53. The van der Waals surface area contributed by atoms with Gasteiger partial charge in [0, 0.05) is 12.8 Å². The zero-order valence-corrected chi connectivity index (χ0v) is 31.4. The fraction of sp³-hybridized carbons (Fsp3) is 0.952. The first-order valence-corrected chi connectivity index (χ1v) is 21.0. The first kappa shape index (κ1) is 44.9. The van der Waals surface area contributed by atoms with Gasteiger partial charge in [0.15, 0.2) is 0 Å². The lowest BCUT2D eigenvalue weighted by atomic mass is 10.0. The molecule has 0 heterocycles. The summed E-state index contributed by atoms with van der Waals surface area (Å²) in [5.41, 5.74) is 0. The Hall–Kier alpha value is -1.06. The minimum atomic E-state index is -0.670. The summed E-state index contributed by atoms with van der Waals surface area (Å²) in [6, 6.07) is 0.